The van der Waals surface area contributed by atoms with E-state index in [1.807, 2.05) is 0 Å². The molecule has 0 N–H and O–H groups in total. The van der Waals surface area contributed by atoms with Crippen LogP contribution in [0.3, 0.4) is 0 Å². The van der Waals surface area contributed by atoms with Crippen LogP contribution in [0.1, 0.15) is 6.42 Å². The van der Waals surface area contributed by atoms with Gasteiger partial charge in [0.05, 0.1) is 5.92 Å². The summed E-state index contributed by atoms with van der Waals surface area (Å²) in [5.41, 5.74) is 0. The molecule has 0 unspecified atom stereocenters. The number of cyclic esters (lactones) is 1. The van der Waals surface area contributed by atoms with Crippen molar-refractivity contribution >= 4 is 5.97 Å². The molecule has 0 aliphatic carbocycles. The van der Waals surface area contributed by atoms with Crippen LogP contribution >= 0.6 is 0 Å². The average molecular weight is 128 g/mol. The van der Waals surface area contributed by atoms with Gasteiger partial charge in [0, 0.05) is 6.61 Å². The van der Waals surface area contributed by atoms with E-state index in [4.69, 9.17) is 9.47 Å². The van der Waals surface area contributed by atoms with Crippen LogP contribution < -0.4 is 0 Å². The first-order chi connectivity index (χ1) is 4.38. The van der Waals surface area contributed by atoms with Gasteiger partial charge in [0.2, 0.25) is 0 Å². The molecule has 2 fully saturated rings. The van der Waals surface area contributed by atoms with E-state index in [2.05, 4.69) is 0 Å². The van der Waals surface area contributed by atoms with Gasteiger partial charge < -0.3 is 9.47 Å². The highest BCUT2D eigenvalue weighted by Gasteiger charge is 2.41. The Morgan fingerprint density at radius 3 is 3.22 bits per heavy atom. The highest BCUT2D eigenvalue weighted by Crippen LogP contribution is 2.27. The molecular formula is C6H8O3. The van der Waals surface area contributed by atoms with Crippen molar-refractivity contribution in [2.45, 2.75) is 12.5 Å². The van der Waals surface area contributed by atoms with E-state index in [0.717, 1.165) is 13.0 Å². The number of rotatable bonds is 0. The zero-order valence-corrected chi connectivity index (χ0v) is 5.00. The second-order valence-electron chi connectivity index (χ2n) is 2.43. The Labute approximate surface area is 52.9 Å². The molecule has 0 radical (unpaired) electrons. The Hall–Kier alpha value is -0.570. The van der Waals surface area contributed by atoms with Crippen LogP contribution in [-0.4, -0.2) is 25.3 Å². The number of ether oxygens (including phenoxy) is 2. The smallest absolute Gasteiger partial charge is 0.311 e. The van der Waals surface area contributed by atoms with Gasteiger partial charge >= 0.3 is 5.97 Å². The highest BCUT2D eigenvalue weighted by atomic mass is 16.6. The summed E-state index contributed by atoms with van der Waals surface area (Å²) < 4.78 is 9.96. The zero-order valence-electron chi connectivity index (χ0n) is 5.00. The summed E-state index contributed by atoms with van der Waals surface area (Å²) in [5, 5.41) is 0. The lowest BCUT2D eigenvalue weighted by molar-refractivity contribution is -0.141. The van der Waals surface area contributed by atoms with Crippen molar-refractivity contribution in [3.8, 4) is 0 Å². The number of hydrogen-bond donors (Lipinski definition) is 0. The molecule has 2 atom stereocenters. The molecule has 50 valence electrons. The molecule has 0 aromatic rings. The van der Waals surface area contributed by atoms with Gasteiger partial charge in [-0.25, -0.2) is 0 Å². The van der Waals surface area contributed by atoms with E-state index in [9.17, 15) is 4.79 Å². The first kappa shape index (κ1) is 5.23. The minimum Gasteiger partial charge on any atom is -0.463 e. The fraction of sp³-hybridized carbons (Fsp3) is 0.833. The van der Waals surface area contributed by atoms with Crippen molar-refractivity contribution in [3.63, 3.8) is 0 Å². The molecule has 0 aromatic carbocycles. The second kappa shape index (κ2) is 1.70. The fourth-order valence-electron chi connectivity index (χ4n) is 1.35. The molecule has 0 aromatic heterocycles. The summed E-state index contributed by atoms with van der Waals surface area (Å²) in [4.78, 5) is 10.8. The van der Waals surface area contributed by atoms with Crippen molar-refractivity contribution < 1.29 is 14.3 Å². The van der Waals surface area contributed by atoms with Gasteiger partial charge in [-0.05, 0) is 6.42 Å². The Bertz CT molecular complexity index is 143. The number of hydrogen-bond acceptors (Lipinski definition) is 3. The maximum absolute atomic E-state index is 10.8. The number of esters is 1. The summed E-state index contributed by atoms with van der Waals surface area (Å²) in [5.74, 6) is -0.0116. The van der Waals surface area contributed by atoms with E-state index in [0.29, 0.717) is 6.61 Å². The van der Waals surface area contributed by atoms with Crippen LogP contribution in [0.15, 0.2) is 0 Å². The molecule has 0 amide bonds. The second-order valence-corrected chi connectivity index (χ2v) is 2.43. The monoisotopic (exact) mass is 128 g/mol. The first-order valence-corrected chi connectivity index (χ1v) is 3.16. The van der Waals surface area contributed by atoms with Crippen molar-refractivity contribution in [3.05, 3.63) is 0 Å². The van der Waals surface area contributed by atoms with E-state index >= 15 is 0 Å². The van der Waals surface area contributed by atoms with Crippen LogP contribution in [0, 0.1) is 5.92 Å². The predicted molar refractivity (Wildman–Crippen MR) is 28.8 cm³/mol. The maximum atomic E-state index is 10.8. The van der Waals surface area contributed by atoms with Crippen molar-refractivity contribution in [2.24, 2.45) is 5.92 Å². The van der Waals surface area contributed by atoms with E-state index in [-0.39, 0.29) is 18.0 Å². The largest absolute Gasteiger partial charge is 0.463 e. The average Bonchev–Trinajstić information content (AvgIpc) is 2.35. The minimum absolute atomic E-state index is 0.0602. The quantitative estimate of drug-likeness (QED) is 0.429. The van der Waals surface area contributed by atoms with Crippen LogP contribution in [0.2, 0.25) is 0 Å². The molecule has 2 rings (SSSR count). The third-order valence-corrected chi connectivity index (χ3v) is 1.90. The van der Waals surface area contributed by atoms with Gasteiger partial charge in [-0.1, -0.05) is 0 Å². The summed E-state index contributed by atoms with van der Waals surface area (Å²) in [6.45, 7) is 1.20. The van der Waals surface area contributed by atoms with Crippen LogP contribution in [0.4, 0.5) is 0 Å². The standard InChI is InChI=1S/C6H8O3/c7-6-4-1-2-8-5(4)3-9-6/h4-5H,1-3H2/t4-,5+/m0/s1. The Morgan fingerprint density at radius 2 is 2.44 bits per heavy atom. The third kappa shape index (κ3) is 0.645. The molecule has 2 heterocycles. The molecule has 2 aliphatic rings. The SMILES string of the molecule is O=C1OC[C@H]2OCC[C@H]12. The molecule has 0 saturated carbocycles. The molecule has 2 aliphatic heterocycles. The lowest BCUT2D eigenvalue weighted by atomic mass is 10.1. The fourth-order valence-corrected chi connectivity index (χ4v) is 1.35. The van der Waals surface area contributed by atoms with Crippen LogP contribution in [-0.2, 0) is 14.3 Å². The summed E-state index contributed by atoms with van der Waals surface area (Å²) >= 11 is 0. The van der Waals surface area contributed by atoms with Gasteiger partial charge in [-0.15, -0.1) is 0 Å². The minimum atomic E-state index is -0.0718. The van der Waals surface area contributed by atoms with Gasteiger partial charge in [0.1, 0.15) is 12.7 Å². The van der Waals surface area contributed by atoms with Gasteiger partial charge in [0.25, 0.3) is 0 Å². The Kier molecular flexibility index (Phi) is 0.990. The maximum Gasteiger partial charge on any atom is 0.311 e. The summed E-state index contributed by atoms with van der Waals surface area (Å²) in [6, 6.07) is 0. The van der Waals surface area contributed by atoms with E-state index < -0.39 is 0 Å². The van der Waals surface area contributed by atoms with Crippen LogP contribution in [0.5, 0.6) is 0 Å². The zero-order chi connectivity index (χ0) is 6.27. The molecule has 9 heavy (non-hydrogen) atoms. The molecule has 0 bridgehead atoms. The summed E-state index contributed by atoms with van der Waals surface area (Å²) in [7, 11) is 0. The third-order valence-electron chi connectivity index (χ3n) is 1.90. The molecule has 2 saturated heterocycles. The normalized spacial score (nSPS) is 40.7. The van der Waals surface area contributed by atoms with Crippen molar-refractivity contribution in [2.75, 3.05) is 13.2 Å². The van der Waals surface area contributed by atoms with Gasteiger partial charge in [0.15, 0.2) is 0 Å². The van der Waals surface area contributed by atoms with Crippen LogP contribution in [0.25, 0.3) is 0 Å². The number of fused-ring (bicyclic) bond motifs is 1. The molecule has 3 heteroatoms. The molecular weight excluding hydrogens is 120 g/mol. The lowest BCUT2D eigenvalue weighted by Gasteiger charge is -1.98. The highest BCUT2D eigenvalue weighted by molar-refractivity contribution is 5.75. The summed E-state index contributed by atoms with van der Waals surface area (Å²) in [6.07, 6.45) is 0.932. The number of carbonyl (C=O) groups is 1. The topological polar surface area (TPSA) is 35.5 Å². The predicted octanol–water partition coefficient (Wildman–Crippen LogP) is -0.0517. The molecule has 0 spiro atoms. The number of carbonyl (C=O) groups excluding carboxylic acids is 1. The molecule has 3 nitrogen and oxygen atoms in total. The van der Waals surface area contributed by atoms with Crippen molar-refractivity contribution in [1.82, 2.24) is 0 Å². The van der Waals surface area contributed by atoms with E-state index in [1.165, 1.54) is 0 Å². The van der Waals surface area contributed by atoms with E-state index in [1.54, 1.807) is 0 Å². The van der Waals surface area contributed by atoms with Gasteiger partial charge in [-0.3, -0.25) is 4.79 Å². The first-order valence-electron chi connectivity index (χ1n) is 3.16. The Balaban J connectivity index is 2.15. The van der Waals surface area contributed by atoms with Crippen molar-refractivity contribution in [1.29, 1.82) is 0 Å². The lowest BCUT2D eigenvalue weighted by Crippen LogP contribution is -2.14. The Morgan fingerprint density at radius 1 is 1.56 bits per heavy atom. The van der Waals surface area contributed by atoms with Gasteiger partial charge in [-0.2, -0.15) is 0 Å².